The molecule has 0 atom stereocenters. The van der Waals surface area contributed by atoms with E-state index in [1.807, 2.05) is 0 Å². The predicted molar refractivity (Wildman–Crippen MR) is 84.5 cm³/mol. The molecule has 0 fully saturated rings. The number of rotatable bonds is 1. The van der Waals surface area contributed by atoms with Gasteiger partial charge < -0.3 is 0 Å². The van der Waals surface area contributed by atoms with Crippen LogP contribution in [0.25, 0.3) is 12.2 Å². The zero-order valence-corrected chi connectivity index (χ0v) is 13.5. The third-order valence-corrected chi connectivity index (χ3v) is 3.74. The number of hydrogen-bond acceptors (Lipinski definition) is 5. The smallest absolute Gasteiger partial charge is 0.180 e. The van der Waals surface area contributed by atoms with E-state index in [-0.39, 0.29) is 10.8 Å². The highest BCUT2D eigenvalue weighted by molar-refractivity contribution is 5.80. The van der Waals surface area contributed by atoms with Crippen LogP contribution in [0.15, 0.2) is 6.07 Å². The van der Waals surface area contributed by atoms with Gasteiger partial charge in [-0.15, -0.1) is 0 Å². The quantitative estimate of drug-likeness (QED) is 0.555. The van der Waals surface area contributed by atoms with E-state index in [0.717, 1.165) is 12.1 Å². The Balaban J connectivity index is 3.34. The van der Waals surface area contributed by atoms with Crippen LogP contribution in [0.3, 0.4) is 0 Å². The van der Waals surface area contributed by atoms with Crippen LogP contribution in [0.4, 0.5) is 17.6 Å². The molecular weight excluding hydrogens is 374 g/mol. The maximum absolute atomic E-state index is 14.4. The van der Waals surface area contributed by atoms with Crippen molar-refractivity contribution >= 4 is 12.2 Å². The van der Waals surface area contributed by atoms with Crippen molar-refractivity contribution in [3.05, 3.63) is 67.6 Å². The highest BCUT2D eigenvalue weighted by Gasteiger charge is 2.29. The fourth-order valence-corrected chi connectivity index (χ4v) is 2.51. The lowest BCUT2D eigenvalue weighted by molar-refractivity contribution is 0.447. The lowest BCUT2D eigenvalue weighted by Crippen LogP contribution is -2.25. The number of halogens is 4. The molecule has 5 nitrogen and oxygen atoms in total. The fraction of sp³-hybridized carbons (Fsp3) is 0. The van der Waals surface area contributed by atoms with E-state index in [1.54, 1.807) is 12.1 Å². The summed E-state index contributed by atoms with van der Waals surface area (Å²) < 4.78 is 56.7. The van der Waals surface area contributed by atoms with Crippen LogP contribution in [-0.2, 0) is 0 Å². The van der Waals surface area contributed by atoms with E-state index in [0.29, 0.717) is 0 Å². The van der Waals surface area contributed by atoms with E-state index >= 15 is 0 Å². The van der Waals surface area contributed by atoms with Gasteiger partial charge in [-0.05, 0) is 11.3 Å². The van der Waals surface area contributed by atoms with Crippen LogP contribution in [0.1, 0.15) is 27.8 Å². The molecular formula is C19H3F4N5. The van der Waals surface area contributed by atoms with Crippen LogP contribution in [-0.4, -0.2) is 0 Å². The first-order chi connectivity index (χ1) is 13.3. The van der Waals surface area contributed by atoms with E-state index < -0.39 is 56.3 Å². The summed E-state index contributed by atoms with van der Waals surface area (Å²) in [6.45, 7) is 3.47. The molecule has 0 saturated heterocycles. The summed E-state index contributed by atoms with van der Waals surface area (Å²) in [5.41, 5.74) is -5.62. The first-order valence-electron chi connectivity index (χ1n) is 7.05. The normalized spacial score (nSPS) is 10.7. The highest BCUT2D eigenvalue weighted by Crippen LogP contribution is 2.28. The predicted octanol–water partition coefficient (Wildman–Crippen LogP) is 1.86. The van der Waals surface area contributed by atoms with Gasteiger partial charge in [0.2, 0.25) is 0 Å². The van der Waals surface area contributed by atoms with Gasteiger partial charge in [0.25, 0.3) is 0 Å². The standard InChI is InChI=1S/C19H3F4N5/c1-8-2-9(3-24)14(11(5-26)10(8)4-25)12(6-27)15-18(22)16(20)13(7-28)17(21)19(15)23/h2H,1H2/b14-12-. The van der Waals surface area contributed by atoms with Crippen molar-refractivity contribution in [2.24, 2.45) is 0 Å². The molecule has 2 rings (SSSR count). The Kier molecular flexibility index (Phi) is 5.13. The van der Waals surface area contributed by atoms with Gasteiger partial charge in [0.1, 0.15) is 29.8 Å². The number of hydrogen-bond donors (Lipinski definition) is 0. The zero-order chi connectivity index (χ0) is 21.2. The fourth-order valence-electron chi connectivity index (χ4n) is 2.51. The molecule has 0 heterocycles. The molecule has 0 aliphatic rings. The van der Waals surface area contributed by atoms with Crippen molar-refractivity contribution in [3.63, 3.8) is 0 Å². The average molecular weight is 377 g/mol. The minimum Gasteiger partial charge on any atom is -0.203 e. The highest BCUT2D eigenvalue weighted by atomic mass is 19.2. The van der Waals surface area contributed by atoms with Gasteiger partial charge in [-0.25, -0.2) is 17.6 Å². The second-order valence-electron chi connectivity index (χ2n) is 5.15. The first-order valence-corrected chi connectivity index (χ1v) is 7.05. The molecule has 0 aromatic heterocycles. The van der Waals surface area contributed by atoms with Gasteiger partial charge in [0, 0.05) is 5.22 Å². The maximum Gasteiger partial charge on any atom is 0.180 e. The van der Waals surface area contributed by atoms with Crippen molar-refractivity contribution in [1.82, 2.24) is 0 Å². The van der Waals surface area contributed by atoms with Crippen LogP contribution in [0.5, 0.6) is 0 Å². The van der Waals surface area contributed by atoms with E-state index in [4.69, 9.17) is 5.26 Å². The molecule has 132 valence electrons. The third kappa shape index (κ3) is 2.69. The van der Waals surface area contributed by atoms with Crippen molar-refractivity contribution < 1.29 is 17.6 Å². The van der Waals surface area contributed by atoms with E-state index in [1.165, 1.54) is 12.1 Å². The zero-order valence-electron chi connectivity index (χ0n) is 13.5. The second kappa shape index (κ2) is 7.30. The summed E-state index contributed by atoms with van der Waals surface area (Å²) in [5, 5.41) is 45.1. The summed E-state index contributed by atoms with van der Waals surface area (Å²) in [6.07, 6.45) is 0. The molecule has 0 bridgehead atoms. The van der Waals surface area contributed by atoms with Gasteiger partial charge in [-0.3, -0.25) is 0 Å². The van der Waals surface area contributed by atoms with E-state index in [9.17, 15) is 38.6 Å². The Bertz CT molecular complexity index is 1340. The number of nitriles is 5. The van der Waals surface area contributed by atoms with E-state index in [2.05, 4.69) is 6.58 Å². The van der Waals surface area contributed by atoms with Crippen molar-refractivity contribution in [2.45, 2.75) is 0 Å². The summed E-state index contributed by atoms with van der Waals surface area (Å²) in [5.74, 6) is -8.21. The molecule has 0 aliphatic heterocycles. The molecule has 28 heavy (non-hydrogen) atoms. The van der Waals surface area contributed by atoms with Gasteiger partial charge in [-0.2, -0.15) is 26.3 Å². The van der Waals surface area contributed by atoms with Crippen LogP contribution >= 0.6 is 0 Å². The molecule has 2 aromatic carbocycles. The summed E-state index contributed by atoms with van der Waals surface area (Å²) in [7, 11) is 0. The van der Waals surface area contributed by atoms with Crippen LogP contribution < -0.4 is 10.4 Å². The minimum atomic E-state index is -2.06. The van der Waals surface area contributed by atoms with Gasteiger partial charge in [-0.1, -0.05) is 6.58 Å². The lowest BCUT2D eigenvalue weighted by atomic mass is 9.92. The number of nitrogens with zero attached hydrogens (tertiary/aromatic N) is 5. The number of benzene rings is 2. The molecule has 9 heteroatoms. The van der Waals surface area contributed by atoms with Gasteiger partial charge in [0.15, 0.2) is 23.3 Å². The van der Waals surface area contributed by atoms with Crippen LogP contribution in [0.2, 0.25) is 0 Å². The Labute approximate surface area is 154 Å². The largest absolute Gasteiger partial charge is 0.203 e. The second-order valence-corrected chi connectivity index (χ2v) is 5.15. The topological polar surface area (TPSA) is 119 Å². The molecule has 2 aromatic rings. The Morgan fingerprint density at radius 3 is 1.61 bits per heavy atom. The molecule has 0 unspecified atom stereocenters. The Morgan fingerprint density at radius 1 is 0.714 bits per heavy atom. The lowest BCUT2D eigenvalue weighted by Gasteiger charge is -2.09. The molecule has 0 radical (unpaired) electrons. The first kappa shape index (κ1) is 19.7. The summed E-state index contributed by atoms with van der Waals surface area (Å²) in [4.78, 5) is 0. The SMILES string of the molecule is C=c1cc(C#N)/c(=C(\C#N)c2c(F)c(F)c(C#N)c(F)c2F)c(C#N)c1C#N. The third-order valence-electron chi connectivity index (χ3n) is 3.74. The molecule has 0 amide bonds. The van der Waals surface area contributed by atoms with Gasteiger partial charge >= 0.3 is 0 Å². The molecule has 0 spiro atoms. The maximum atomic E-state index is 14.4. The van der Waals surface area contributed by atoms with Crippen molar-refractivity contribution in [1.29, 1.82) is 26.3 Å². The van der Waals surface area contributed by atoms with Crippen LogP contribution in [0, 0.1) is 79.9 Å². The molecule has 0 saturated carbocycles. The Morgan fingerprint density at radius 2 is 1.21 bits per heavy atom. The monoisotopic (exact) mass is 377 g/mol. The minimum absolute atomic E-state index is 0.0743. The summed E-state index contributed by atoms with van der Waals surface area (Å²) >= 11 is 0. The summed E-state index contributed by atoms with van der Waals surface area (Å²) in [6, 6.07) is 7.99. The molecule has 0 N–H and O–H groups in total. The Hall–Kier alpha value is -4.65. The van der Waals surface area contributed by atoms with Crippen molar-refractivity contribution in [2.75, 3.05) is 0 Å². The average Bonchev–Trinajstić information content (AvgIpc) is 2.69. The van der Waals surface area contributed by atoms with Crippen molar-refractivity contribution in [3.8, 4) is 30.3 Å². The van der Waals surface area contributed by atoms with Gasteiger partial charge in [0.05, 0.1) is 33.9 Å². The molecule has 0 aliphatic carbocycles.